The van der Waals surface area contributed by atoms with Crippen LogP contribution in [0.4, 0.5) is 5.69 Å². The smallest absolute Gasteiger partial charge is 0.283 e. The Morgan fingerprint density at radius 1 is 1.15 bits per heavy atom. The Morgan fingerprint density at radius 3 is 2.58 bits per heavy atom. The number of nitrogens with zero attached hydrogens (tertiary/aromatic N) is 2. The van der Waals surface area contributed by atoms with Crippen LogP contribution in [-0.4, -0.2) is 42.7 Å². The maximum atomic E-state index is 11.5. The van der Waals surface area contributed by atoms with Gasteiger partial charge in [-0.2, -0.15) is 0 Å². The lowest BCUT2D eigenvalue weighted by atomic mass is 10.1. The molecule has 0 atom stereocenters. The van der Waals surface area contributed by atoms with Crippen molar-refractivity contribution in [2.24, 2.45) is 0 Å². The number of ether oxygens (including phenoxy) is 1. The van der Waals surface area contributed by atoms with Crippen LogP contribution in [0.5, 0.6) is 0 Å². The number of benzene rings is 2. The molecule has 5 nitrogen and oxygen atoms in total. The van der Waals surface area contributed by atoms with E-state index >= 15 is 0 Å². The largest absolute Gasteiger partial charge is 0.379 e. The van der Waals surface area contributed by atoms with Crippen molar-refractivity contribution in [3.8, 4) is 0 Å². The molecular formula is C19H21BrN2O3S. The molecule has 0 bridgehead atoms. The van der Waals surface area contributed by atoms with Gasteiger partial charge in [-0.1, -0.05) is 33.8 Å². The zero-order valence-corrected chi connectivity index (χ0v) is 16.8. The molecule has 2 aromatic carbocycles. The van der Waals surface area contributed by atoms with Crippen molar-refractivity contribution in [2.75, 3.05) is 32.8 Å². The first-order valence-electron chi connectivity index (χ1n) is 8.62. The summed E-state index contributed by atoms with van der Waals surface area (Å²) >= 11 is 4.82. The van der Waals surface area contributed by atoms with E-state index in [0.29, 0.717) is 4.90 Å². The van der Waals surface area contributed by atoms with Gasteiger partial charge in [0.1, 0.15) is 0 Å². The molecule has 0 amide bonds. The lowest BCUT2D eigenvalue weighted by Gasteiger charge is -2.26. The Kier molecular flexibility index (Phi) is 7.07. The quantitative estimate of drug-likeness (QED) is 0.461. The third kappa shape index (κ3) is 5.54. The van der Waals surface area contributed by atoms with Gasteiger partial charge in [0.2, 0.25) is 0 Å². The van der Waals surface area contributed by atoms with E-state index in [0.717, 1.165) is 60.6 Å². The van der Waals surface area contributed by atoms with E-state index in [1.165, 1.54) is 11.8 Å². The summed E-state index contributed by atoms with van der Waals surface area (Å²) < 4.78 is 6.35. The van der Waals surface area contributed by atoms with Crippen LogP contribution in [0.3, 0.4) is 0 Å². The second-order valence-corrected chi connectivity index (χ2v) is 8.20. The number of aryl methyl sites for hydroxylation is 1. The van der Waals surface area contributed by atoms with E-state index in [1.807, 2.05) is 36.4 Å². The van der Waals surface area contributed by atoms with Crippen molar-refractivity contribution in [2.45, 2.75) is 22.6 Å². The Bertz CT molecular complexity index is 749. The van der Waals surface area contributed by atoms with Crippen molar-refractivity contribution in [1.82, 2.24) is 4.90 Å². The average Bonchev–Trinajstić information content (AvgIpc) is 2.65. The zero-order chi connectivity index (χ0) is 18.4. The van der Waals surface area contributed by atoms with Crippen LogP contribution in [0.25, 0.3) is 0 Å². The molecule has 0 radical (unpaired) electrons. The minimum absolute atomic E-state index is 0.182. The SMILES string of the molecule is O=[N+]([O-])c1cc(CCCN2CCOCC2)ccc1Sc1ccc(Br)cc1. The van der Waals surface area contributed by atoms with Crippen LogP contribution >= 0.6 is 27.7 Å². The summed E-state index contributed by atoms with van der Waals surface area (Å²) in [6, 6.07) is 13.4. The van der Waals surface area contributed by atoms with E-state index in [9.17, 15) is 10.1 Å². The molecular weight excluding hydrogens is 416 g/mol. The molecule has 0 aliphatic carbocycles. The molecule has 7 heteroatoms. The van der Waals surface area contributed by atoms with Crippen molar-refractivity contribution in [1.29, 1.82) is 0 Å². The van der Waals surface area contributed by atoms with E-state index in [4.69, 9.17) is 4.74 Å². The van der Waals surface area contributed by atoms with Crippen molar-refractivity contribution in [3.05, 3.63) is 62.6 Å². The fraction of sp³-hybridized carbons (Fsp3) is 0.368. The van der Waals surface area contributed by atoms with Gasteiger partial charge in [0.05, 0.1) is 23.0 Å². The molecule has 2 aromatic rings. The number of rotatable bonds is 7. The summed E-state index contributed by atoms with van der Waals surface area (Å²) in [4.78, 5) is 15.3. The van der Waals surface area contributed by atoms with Gasteiger partial charge in [0, 0.05) is 28.5 Å². The van der Waals surface area contributed by atoms with Crippen molar-refractivity contribution < 1.29 is 9.66 Å². The van der Waals surface area contributed by atoms with E-state index in [1.54, 1.807) is 6.07 Å². The highest BCUT2D eigenvalue weighted by atomic mass is 79.9. The van der Waals surface area contributed by atoms with E-state index < -0.39 is 0 Å². The molecule has 0 aromatic heterocycles. The van der Waals surface area contributed by atoms with E-state index in [2.05, 4.69) is 20.8 Å². The summed E-state index contributed by atoms with van der Waals surface area (Å²) in [7, 11) is 0. The van der Waals surface area contributed by atoms with Gasteiger partial charge in [-0.25, -0.2) is 0 Å². The van der Waals surface area contributed by atoms with Gasteiger partial charge in [-0.3, -0.25) is 15.0 Å². The number of morpholine rings is 1. The average molecular weight is 437 g/mol. The summed E-state index contributed by atoms with van der Waals surface area (Å²) in [5.41, 5.74) is 1.20. The summed E-state index contributed by atoms with van der Waals surface area (Å²) in [6.07, 6.45) is 1.85. The molecule has 0 saturated carbocycles. The van der Waals surface area contributed by atoms with Gasteiger partial charge < -0.3 is 4.74 Å². The van der Waals surface area contributed by atoms with Crippen LogP contribution < -0.4 is 0 Å². The standard InChI is InChI=1S/C19H21BrN2O3S/c20-16-4-6-17(7-5-16)26-19-8-3-15(14-18(19)22(23)24)2-1-9-21-10-12-25-13-11-21/h3-8,14H,1-2,9-13H2. The fourth-order valence-electron chi connectivity index (χ4n) is 2.91. The summed E-state index contributed by atoms with van der Waals surface area (Å²) in [6.45, 7) is 4.55. The van der Waals surface area contributed by atoms with Gasteiger partial charge in [-0.05, 0) is 55.3 Å². The van der Waals surface area contributed by atoms with E-state index in [-0.39, 0.29) is 10.6 Å². The van der Waals surface area contributed by atoms with Crippen LogP contribution in [0.15, 0.2) is 56.7 Å². The second kappa shape index (κ2) is 9.50. The summed E-state index contributed by atoms with van der Waals surface area (Å²) in [5, 5.41) is 11.5. The molecule has 1 saturated heterocycles. The molecule has 0 N–H and O–H groups in total. The maximum absolute atomic E-state index is 11.5. The van der Waals surface area contributed by atoms with Gasteiger partial charge >= 0.3 is 0 Å². The Hall–Kier alpha value is -1.41. The molecule has 1 fully saturated rings. The third-order valence-electron chi connectivity index (χ3n) is 4.30. The Labute approximate surface area is 166 Å². The molecule has 1 aliphatic heterocycles. The monoisotopic (exact) mass is 436 g/mol. The highest BCUT2D eigenvalue weighted by molar-refractivity contribution is 9.10. The second-order valence-electron chi connectivity index (χ2n) is 6.17. The first kappa shape index (κ1) is 19.4. The lowest BCUT2D eigenvalue weighted by molar-refractivity contribution is -0.387. The van der Waals surface area contributed by atoms with Crippen LogP contribution in [0, 0.1) is 10.1 Å². The normalized spacial score (nSPS) is 15.1. The first-order valence-corrected chi connectivity index (χ1v) is 10.2. The fourth-order valence-corrected chi connectivity index (χ4v) is 4.07. The van der Waals surface area contributed by atoms with Crippen molar-refractivity contribution in [3.63, 3.8) is 0 Å². The molecule has 1 heterocycles. The lowest BCUT2D eigenvalue weighted by Crippen LogP contribution is -2.36. The van der Waals surface area contributed by atoms with Crippen molar-refractivity contribution >= 4 is 33.4 Å². The Balaban J connectivity index is 1.64. The molecule has 0 spiro atoms. The van der Waals surface area contributed by atoms with Crippen LogP contribution in [0.2, 0.25) is 0 Å². The molecule has 0 unspecified atom stereocenters. The zero-order valence-electron chi connectivity index (χ0n) is 14.4. The number of nitro groups is 1. The molecule has 26 heavy (non-hydrogen) atoms. The molecule has 1 aliphatic rings. The van der Waals surface area contributed by atoms with Gasteiger partial charge in [0.25, 0.3) is 5.69 Å². The third-order valence-corrected chi connectivity index (χ3v) is 5.91. The van der Waals surface area contributed by atoms with Crippen LogP contribution in [0.1, 0.15) is 12.0 Å². The number of hydrogen-bond acceptors (Lipinski definition) is 5. The molecule has 3 rings (SSSR count). The minimum Gasteiger partial charge on any atom is -0.379 e. The number of halogens is 1. The first-order chi connectivity index (χ1) is 12.6. The minimum atomic E-state index is -0.285. The highest BCUT2D eigenvalue weighted by Gasteiger charge is 2.16. The highest BCUT2D eigenvalue weighted by Crippen LogP contribution is 2.36. The Morgan fingerprint density at radius 2 is 1.88 bits per heavy atom. The number of hydrogen-bond donors (Lipinski definition) is 0. The topological polar surface area (TPSA) is 55.6 Å². The van der Waals surface area contributed by atoms with Crippen LogP contribution in [-0.2, 0) is 11.2 Å². The molecule has 138 valence electrons. The predicted molar refractivity (Wildman–Crippen MR) is 107 cm³/mol. The summed E-state index contributed by atoms with van der Waals surface area (Å²) in [5.74, 6) is 0. The van der Waals surface area contributed by atoms with Gasteiger partial charge in [-0.15, -0.1) is 0 Å². The maximum Gasteiger partial charge on any atom is 0.283 e. The number of nitro benzene ring substituents is 1. The van der Waals surface area contributed by atoms with Gasteiger partial charge in [0.15, 0.2) is 0 Å². The predicted octanol–water partition coefficient (Wildman–Crippen LogP) is 4.77.